The maximum atomic E-state index is 6.18. The Kier molecular flexibility index (Phi) is 3.69. The van der Waals surface area contributed by atoms with Crippen LogP contribution in [-0.4, -0.2) is 19.9 Å². The van der Waals surface area contributed by atoms with Gasteiger partial charge in [0.2, 0.25) is 0 Å². The Morgan fingerprint density at radius 2 is 1.83 bits per heavy atom. The van der Waals surface area contributed by atoms with Gasteiger partial charge >= 0.3 is 0 Å². The van der Waals surface area contributed by atoms with E-state index >= 15 is 0 Å². The predicted octanol–water partition coefficient (Wildman–Crippen LogP) is 5.56. The molecule has 6 rings (SSSR count). The van der Waals surface area contributed by atoms with Crippen LogP contribution in [0, 0.1) is 6.92 Å². The van der Waals surface area contributed by atoms with Crippen LogP contribution in [0.5, 0.6) is 5.75 Å². The molecule has 0 unspecified atom stereocenters. The fourth-order valence-electron chi connectivity index (χ4n) is 4.61. The molecule has 2 aromatic heterocycles. The van der Waals surface area contributed by atoms with Gasteiger partial charge in [-0.15, -0.1) is 0 Å². The molecule has 1 aliphatic carbocycles. The van der Waals surface area contributed by atoms with Crippen LogP contribution in [0.25, 0.3) is 33.6 Å². The maximum Gasteiger partial charge on any atom is 0.128 e. The third-order valence-corrected chi connectivity index (χ3v) is 6.24. The van der Waals surface area contributed by atoms with Crippen LogP contribution < -0.4 is 4.74 Å². The van der Waals surface area contributed by atoms with Crippen molar-refractivity contribution in [2.45, 2.75) is 46.1 Å². The molecule has 0 saturated heterocycles. The van der Waals surface area contributed by atoms with Gasteiger partial charge in [-0.05, 0) is 60.7 Å². The van der Waals surface area contributed by atoms with E-state index in [0.717, 1.165) is 52.8 Å². The molecule has 0 spiro atoms. The second-order valence-corrected chi connectivity index (χ2v) is 8.65. The van der Waals surface area contributed by atoms with E-state index in [1.807, 2.05) is 13.1 Å². The highest BCUT2D eigenvalue weighted by molar-refractivity contribution is 5.83. The van der Waals surface area contributed by atoms with Gasteiger partial charge in [0.25, 0.3) is 0 Å². The van der Waals surface area contributed by atoms with Crippen molar-refractivity contribution in [2.75, 3.05) is 0 Å². The van der Waals surface area contributed by atoms with Crippen LogP contribution in [0.2, 0.25) is 0 Å². The Morgan fingerprint density at radius 3 is 2.63 bits per heavy atom. The minimum Gasteiger partial charge on any atom is -0.488 e. The standard InChI is InChI=1S/C25H24N4O/c1-13(2)25-28-21-7-5-15-8-19-17(9-20(15)24(21)29-25)12-30-23-10-16(4-6-18(19)23)22-11-26-14(3)27-22/h4,6,8-11,13H,5,7,12H2,1-3H3,(H,26,27)(H,28,29). The summed E-state index contributed by atoms with van der Waals surface area (Å²) in [5, 5.41) is 0. The van der Waals surface area contributed by atoms with E-state index in [2.05, 4.69) is 59.1 Å². The Balaban J connectivity index is 1.44. The first-order valence-electron chi connectivity index (χ1n) is 10.6. The Hall–Kier alpha value is -3.34. The Labute approximate surface area is 175 Å². The number of nitrogens with zero attached hydrogens (tertiary/aromatic N) is 2. The first kappa shape index (κ1) is 17.5. The van der Waals surface area contributed by atoms with Crippen LogP contribution in [0.3, 0.4) is 0 Å². The van der Waals surface area contributed by atoms with E-state index < -0.39 is 0 Å². The number of benzene rings is 2. The van der Waals surface area contributed by atoms with Gasteiger partial charge in [0.1, 0.15) is 24.0 Å². The van der Waals surface area contributed by atoms with Gasteiger partial charge in [-0.3, -0.25) is 0 Å². The molecule has 5 nitrogen and oxygen atoms in total. The van der Waals surface area contributed by atoms with Crippen LogP contribution in [0.15, 0.2) is 36.5 Å². The monoisotopic (exact) mass is 396 g/mol. The highest BCUT2D eigenvalue weighted by Gasteiger charge is 2.26. The SMILES string of the molecule is Cc1ncc(-c2ccc3c(c2)OCc2cc4c(cc2-3)CCc2[nH]c(C(C)C)nc2-4)[nH]1. The van der Waals surface area contributed by atoms with E-state index in [0.29, 0.717) is 12.5 Å². The van der Waals surface area contributed by atoms with E-state index in [-0.39, 0.29) is 0 Å². The van der Waals surface area contributed by atoms with E-state index in [9.17, 15) is 0 Å². The molecule has 0 radical (unpaired) electrons. The van der Waals surface area contributed by atoms with Crippen molar-refractivity contribution in [2.24, 2.45) is 0 Å². The first-order valence-corrected chi connectivity index (χ1v) is 10.6. The number of aryl methyl sites for hydroxylation is 3. The average Bonchev–Trinajstić information content (AvgIpc) is 3.38. The summed E-state index contributed by atoms with van der Waals surface area (Å²) >= 11 is 0. The maximum absolute atomic E-state index is 6.18. The minimum absolute atomic E-state index is 0.403. The van der Waals surface area contributed by atoms with Crippen molar-refractivity contribution in [1.82, 2.24) is 19.9 Å². The Morgan fingerprint density at radius 1 is 0.967 bits per heavy atom. The molecule has 0 atom stereocenters. The summed E-state index contributed by atoms with van der Waals surface area (Å²) in [7, 11) is 0. The fourth-order valence-corrected chi connectivity index (χ4v) is 4.61. The second kappa shape index (κ2) is 6.33. The highest BCUT2D eigenvalue weighted by atomic mass is 16.5. The molecule has 2 N–H and O–H groups in total. The van der Waals surface area contributed by atoms with Crippen LogP contribution in [0.1, 0.15) is 48.2 Å². The normalized spacial score (nSPS) is 14.0. The first-order chi connectivity index (χ1) is 14.6. The molecule has 150 valence electrons. The van der Waals surface area contributed by atoms with E-state index in [1.165, 1.54) is 27.9 Å². The zero-order chi connectivity index (χ0) is 20.4. The average molecular weight is 396 g/mol. The lowest BCUT2D eigenvalue weighted by molar-refractivity contribution is 0.302. The highest BCUT2D eigenvalue weighted by Crippen LogP contribution is 2.44. The third kappa shape index (κ3) is 2.61. The molecule has 0 fully saturated rings. The molecule has 30 heavy (non-hydrogen) atoms. The molecule has 0 saturated carbocycles. The molecular weight excluding hydrogens is 372 g/mol. The van der Waals surface area contributed by atoms with E-state index in [1.54, 1.807) is 0 Å². The van der Waals surface area contributed by atoms with Crippen molar-refractivity contribution in [3.63, 3.8) is 0 Å². The predicted molar refractivity (Wildman–Crippen MR) is 118 cm³/mol. The molecular formula is C25H24N4O. The second-order valence-electron chi connectivity index (χ2n) is 8.65. The lowest BCUT2D eigenvalue weighted by Gasteiger charge is -2.25. The number of aromatic amines is 2. The lowest BCUT2D eigenvalue weighted by atomic mass is 9.85. The lowest BCUT2D eigenvalue weighted by Crippen LogP contribution is -2.10. The summed E-state index contributed by atoms with van der Waals surface area (Å²) in [4.78, 5) is 16.1. The van der Waals surface area contributed by atoms with Gasteiger partial charge in [0.15, 0.2) is 0 Å². The topological polar surface area (TPSA) is 66.6 Å². The number of nitrogens with one attached hydrogen (secondary N) is 2. The summed E-state index contributed by atoms with van der Waals surface area (Å²) in [6, 6.07) is 11.1. The van der Waals surface area contributed by atoms with Crippen molar-refractivity contribution in [3.8, 4) is 39.4 Å². The van der Waals surface area contributed by atoms with Crippen molar-refractivity contribution in [3.05, 3.63) is 65.0 Å². The fraction of sp³-hybridized carbons (Fsp3) is 0.280. The van der Waals surface area contributed by atoms with Crippen LogP contribution >= 0.6 is 0 Å². The quantitative estimate of drug-likeness (QED) is 0.466. The van der Waals surface area contributed by atoms with Gasteiger partial charge in [0, 0.05) is 28.3 Å². The minimum atomic E-state index is 0.403. The number of hydrogen-bond donors (Lipinski definition) is 2. The van der Waals surface area contributed by atoms with Gasteiger partial charge in [-0.1, -0.05) is 19.9 Å². The molecule has 3 heterocycles. The molecule has 0 bridgehead atoms. The Bertz CT molecular complexity index is 1290. The molecule has 5 heteroatoms. The number of H-pyrrole nitrogens is 2. The molecule has 1 aliphatic heterocycles. The molecule has 2 aliphatic rings. The van der Waals surface area contributed by atoms with Gasteiger partial charge < -0.3 is 14.7 Å². The van der Waals surface area contributed by atoms with E-state index in [4.69, 9.17) is 9.72 Å². The summed E-state index contributed by atoms with van der Waals surface area (Å²) in [6.45, 7) is 6.91. The number of aromatic nitrogens is 4. The van der Waals surface area contributed by atoms with Crippen LogP contribution in [-0.2, 0) is 19.4 Å². The number of imidazole rings is 2. The number of rotatable bonds is 2. The largest absolute Gasteiger partial charge is 0.488 e. The molecule has 0 amide bonds. The van der Waals surface area contributed by atoms with Crippen LogP contribution in [0.4, 0.5) is 0 Å². The smallest absolute Gasteiger partial charge is 0.128 e. The van der Waals surface area contributed by atoms with Gasteiger partial charge in [0.05, 0.1) is 17.6 Å². The zero-order valence-electron chi connectivity index (χ0n) is 17.5. The number of fused-ring (bicyclic) bond motifs is 6. The van der Waals surface area contributed by atoms with Gasteiger partial charge in [-0.25, -0.2) is 9.97 Å². The van der Waals surface area contributed by atoms with Crippen molar-refractivity contribution >= 4 is 0 Å². The van der Waals surface area contributed by atoms with Gasteiger partial charge in [-0.2, -0.15) is 0 Å². The van der Waals surface area contributed by atoms with Crippen molar-refractivity contribution < 1.29 is 4.74 Å². The molecule has 2 aromatic carbocycles. The zero-order valence-corrected chi connectivity index (χ0v) is 17.5. The summed E-state index contributed by atoms with van der Waals surface area (Å²) in [5.41, 5.74) is 10.8. The third-order valence-electron chi connectivity index (χ3n) is 6.24. The summed E-state index contributed by atoms with van der Waals surface area (Å²) in [6.07, 6.45) is 3.93. The summed E-state index contributed by atoms with van der Waals surface area (Å²) in [5.74, 6) is 3.33. The number of ether oxygens (including phenoxy) is 1. The molecule has 4 aromatic rings. The number of hydrogen-bond acceptors (Lipinski definition) is 3. The van der Waals surface area contributed by atoms with Crippen molar-refractivity contribution in [1.29, 1.82) is 0 Å². The summed E-state index contributed by atoms with van der Waals surface area (Å²) < 4.78 is 6.18.